The zero-order chi connectivity index (χ0) is 22.5. The average Bonchev–Trinajstić information content (AvgIpc) is 3.23. The van der Waals surface area contributed by atoms with E-state index in [4.69, 9.17) is 4.74 Å². The Labute approximate surface area is 185 Å². The Morgan fingerprint density at radius 2 is 1.94 bits per heavy atom. The lowest BCUT2D eigenvalue weighted by molar-refractivity contribution is -0.121. The molecule has 1 amide bonds. The second kappa shape index (κ2) is 9.47. The Hall–Kier alpha value is -3.94. The molecule has 0 unspecified atom stereocenters. The molecule has 0 fully saturated rings. The predicted octanol–water partition coefficient (Wildman–Crippen LogP) is 2.65. The summed E-state index contributed by atoms with van der Waals surface area (Å²) in [7, 11) is 1.63. The Morgan fingerprint density at radius 1 is 1.12 bits per heavy atom. The van der Waals surface area contributed by atoms with E-state index in [2.05, 4.69) is 15.4 Å². The second-order valence-electron chi connectivity index (χ2n) is 7.45. The van der Waals surface area contributed by atoms with Gasteiger partial charge in [-0.3, -0.25) is 14.2 Å². The van der Waals surface area contributed by atoms with E-state index in [1.807, 2.05) is 54.6 Å². The predicted molar refractivity (Wildman–Crippen MR) is 122 cm³/mol. The number of para-hydroxylation sites is 1. The first-order valence-electron chi connectivity index (χ1n) is 10.5. The molecule has 0 bridgehead atoms. The number of rotatable bonds is 8. The topological polar surface area (TPSA) is 91.0 Å². The number of ether oxygens (including phenoxy) is 1. The van der Waals surface area contributed by atoms with Crippen LogP contribution in [0.15, 0.2) is 65.6 Å². The van der Waals surface area contributed by atoms with Crippen LogP contribution in [0.1, 0.15) is 17.8 Å². The van der Waals surface area contributed by atoms with Crippen LogP contribution >= 0.6 is 0 Å². The van der Waals surface area contributed by atoms with Gasteiger partial charge < -0.3 is 10.1 Å². The summed E-state index contributed by atoms with van der Waals surface area (Å²) in [5.74, 6) is 1.23. The van der Waals surface area contributed by atoms with Gasteiger partial charge in [0.1, 0.15) is 17.0 Å². The van der Waals surface area contributed by atoms with Crippen LogP contribution in [0, 0.1) is 6.92 Å². The highest BCUT2D eigenvalue weighted by molar-refractivity contribution is 5.76. The molecule has 0 aliphatic rings. The molecule has 2 heterocycles. The molecule has 0 saturated carbocycles. The first-order valence-corrected chi connectivity index (χ1v) is 10.5. The SMILES string of the molecule is COc1cccc(CCNC(=O)CCn2c(C)nc3c(cnn3-c3ccccc3)c2=O)c1. The van der Waals surface area contributed by atoms with Crippen molar-refractivity contribution < 1.29 is 9.53 Å². The lowest BCUT2D eigenvalue weighted by Crippen LogP contribution is -2.30. The maximum Gasteiger partial charge on any atom is 0.264 e. The van der Waals surface area contributed by atoms with Gasteiger partial charge >= 0.3 is 0 Å². The van der Waals surface area contributed by atoms with Crippen molar-refractivity contribution in [2.75, 3.05) is 13.7 Å². The van der Waals surface area contributed by atoms with Gasteiger partial charge in [-0.05, 0) is 43.2 Å². The van der Waals surface area contributed by atoms with Crippen molar-refractivity contribution >= 4 is 16.9 Å². The number of hydrogen-bond acceptors (Lipinski definition) is 5. The molecule has 0 radical (unpaired) electrons. The molecular formula is C24H25N5O3. The van der Waals surface area contributed by atoms with Crippen molar-refractivity contribution in [2.24, 2.45) is 0 Å². The van der Waals surface area contributed by atoms with Gasteiger partial charge in [0.2, 0.25) is 5.91 Å². The summed E-state index contributed by atoms with van der Waals surface area (Å²) < 4.78 is 8.40. The van der Waals surface area contributed by atoms with Crippen LogP contribution in [0.25, 0.3) is 16.7 Å². The molecule has 0 aliphatic heterocycles. The molecule has 0 saturated heterocycles. The summed E-state index contributed by atoms with van der Waals surface area (Å²) in [5.41, 5.74) is 2.24. The molecule has 0 atom stereocenters. The van der Waals surface area contributed by atoms with E-state index in [0.717, 1.165) is 17.0 Å². The summed E-state index contributed by atoms with van der Waals surface area (Å²) >= 11 is 0. The fraction of sp³-hybridized carbons (Fsp3) is 0.250. The van der Waals surface area contributed by atoms with E-state index in [-0.39, 0.29) is 24.4 Å². The minimum Gasteiger partial charge on any atom is -0.497 e. The normalized spacial score (nSPS) is 10.9. The zero-order valence-electron chi connectivity index (χ0n) is 18.1. The van der Waals surface area contributed by atoms with Gasteiger partial charge in [-0.15, -0.1) is 0 Å². The van der Waals surface area contributed by atoms with Crippen LogP contribution in [-0.2, 0) is 17.8 Å². The Kier molecular flexibility index (Phi) is 6.30. The molecule has 32 heavy (non-hydrogen) atoms. The number of fused-ring (bicyclic) bond motifs is 1. The van der Waals surface area contributed by atoms with Crippen LogP contribution in [0.4, 0.5) is 0 Å². The number of aryl methyl sites for hydroxylation is 1. The quantitative estimate of drug-likeness (QED) is 0.463. The second-order valence-corrected chi connectivity index (χ2v) is 7.45. The number of nitrogens with zero attached hydrogens (tertiary/aromatic N) is 4. The van der Waals surface area contributed by atoms with E-state index in [1.54, 1.807) is 18.7 Å². The number of benzene rings is 2. The van der Waals surface area contributed by atoms with Crippen molar-refractivity contribution in [1.82, 2.24) is 24.6 Å². The summed E-state index contributed by atoms with van der Waals surface area (Å²) in [6, 6.07) is 17.3. The molecule has 1 N–H and O–H groups in total. The van der Waals surface area contributed by atoms with E-state index in [9.17, 15) is 9.59 Å². The molecule has 0 aliphatic carbocycles. The smallest absolute Gasteiger partial charge is 0.264 e. The van der Waals surface area contributed by atoms with Gasteiger partial charge in [-0.1, -0.05) is 30.3 Å². The third-order valence-corrected chi connectivity index (χ3v) is 5.31. The van der Waals surface area contributed by atoms with Gasteiger partial charge in [-0.25, -0.2) is 9.67 Å². The van der Waals surface area contributed by atoms with Gasteiger partial charge in [0, 0.05) is 19.5 Å². The van der Waals surface area contributed by atoms with Crippen LogP contribution < -0.4 is 15.6 Å². The summed E-state index contributed by atoms with van der Waals surface area (Å²) in [4.78, 5) is 29.9. The fourth-order valence-electron chi connectivity index (χ4n) is 3.60. The van der Waals surface area contributed by atoms with Crippen LogP contribution in [0.5, 0.6) is 5.75 Å². The van der Waals surface area contributed by atoms with Gasteiger partial charge in [0.15, 0.2) is 5.65 Å². The van der Waals surface area contributed by atoms with E-state index in [1.165, 1.54) is 10.8 Å². The highest BCUT2D eigenvalue weighted by Crippen LogP contribution is 2.15. The van der Waals surface area contributed by atoms with Crippen LogP contribution in [0.2, 0.25) is 0 Å². The summed E-state index contributed by atoms with van der Waals surface area (Å²) in [6.45, 7) is 2.54. The van der Waals surface area contributed by atoms with E-state index >= 15 is 0 Å². The molecule has 8 nitrogen and oxygen atoms in total. The lowest BCUT2D eigenvalue weighted by Gasteiger charge is -2.11. The number of carbonyl (C=O) groups is 1. The number of nitrogens with one attached hydrogen (secondary N) is 1. The third-order valence-electron chi connectivity index (χ3n) is 5.31. The van der Waals surface area contributed by atoms with E-state index < -0.39 is 0 Å². The largest absolute Gasteiger partial charge is 0.497 e. The monoisotopic (exact) mass is 431 g/mol. The Bertz CT molecular complexity index is 1290. The first-order chi connectivity index (χ1) is 15.6. The van der Waals surface area contributed by atoms with E-state index in [0.29, 0.717) is 29.8 Å². The molecule has 2 aromatic carbocycles. The fourth-order valence-corrected chi connectivity index (χ4v) is 3.60. The minimum atomic E-state index is -0.195. The highest BCUT2D eigenvalue weighted by atomic mass is 16.5. The molecule has 2 aromatic heterocycles. The van der Waals surface area contributed by atoms with Gasteiger partial charge in [0.05, 0.1) is 19.0 Å². The summed E-state index contributed by atoms with van der Waals surface area (Å²) in [5, 5.41) is 7.68. The number of hydrogen-bond donors (Lipinski definition) is 1. The number of aromatic nitrogens is 4. The lowest BCUT2D eigenvalue weighted by atomic mass is 10.1. The standard InChI is InChI=1S/C24H25N5O3/c1-17-27-23-21(16-26-29(23)19-8-4-3-5-9-19)24(31)28(17)14-12-22(30)25-13-11-18-7-6-10-20(15-18)32-2/h3-10,15-16H,11-14H2,1-2H3,(H,25,30). The average molecular weight is 431 g/mol. The van der Waals surface area contributed by atoms with Crippen molar-refractivity contribution in [2.45, 2.75) is 26.3 Å². The third kappa shape index (κ3) is 4.54. The zero-order valence-corrected chi connectivity index (χ0v) is 18.1. The maximum atomic E-state index is 13.0. The van der Waals surface area contributed by atoms with Gasteiger partial charge in [0.25, 0.3) is 5.56 Å². The Balaban J connectivity index is 1.41. The molecule has 8 heteroatoms. The molecule has 164 valence electrons. The van der Waals surface area contributed by atoms with Crippen molar-refractivity contribution in [3.8, 4) is 11.4 Å². The number of carbonyl (C=O) groups excluding carboxylic acids is 1. The molecule has 4 aromatic rings. The number of methoxy groups -OCH3 is 1. The highest BCUT2D eigenvalue weighted by Gasteiger charge is 2.14. The molecule has 4 rings (SSSR count). The van der Waals surface area contributed by atoms with Crippen LogP contribution in [-0.4, -0.2) is 38.9 Å². The Morgan fingerprint density at radius 3 is 2.72 bits per heavy atom. The first kappa shape index (κ1) is 21.3. The van der Waals surface area contributed by atoms with Crippen molar-refractivity contribution in [3.05, 3.63) is 82.5 Å². The summed E-state index contributed by atoms with van der Waals surface area (Å²) in [6.07, 6.45) is 2.43. The van der Waals surface area contributed by atoms with Crippen molar-refractivity contribution in [1.29, 1.82) is 0 Å². The molecular weight excluding hydrogens is 406 g/mol. The minimum absolute atomic E-state index is 0.112. The van der Waals surface area contributed by atoms with Crippen molar-refractivity contribution in [3.63, 3.8) is 0 Å². The number of amides is 1. The van der Waals surface area contributed by atoms with Crippen LogP contribution in [0.3, 0.4) is 0 Å². The molecule has 0 spiro atoms. The maximum absolute atomic E-state index is 13.0. The van der Waals surface area contributed by atoms with Gasteiger partial charge in [-0.2, -0.15) is 5.10 Å².